The van der Waals surface area contributed by atoms with Crippen molar-refractivity contribution in [3.05, 3.63) is 74.5 Å². The Morgan fingerprint density at radius 1 is 1.25 bits per heavy atom. The van der Waals surface area contributed by atoms with E-state index < -0.39 is 22.4 Å². The number of nitro benzene ring substituents is 1. The van der Waals surface area contributed by atoms with Gasteiger partial charge in [-0.2, -0.15) is 4.68 Å². The van der Waals surface area contributed by atoms with Gasteiger partial charge < -0.3 is 9.32 Å². The number of nitrogens with zero attached hydrogens (tertiary/aromatic N) is 4. The van der Waals surface area contributed by atoms with Gasteiger partial charge in [-0.3, -0.25) is 14.9 Å². The number of anilines is 1. The molecule has 2 aromatic carbocycles. The van der Waals surface area contributed by atoms with E-state index in [2.05, 4.69) is 5.10 Å². The minimum Gasteiger partial charge on any atom is -0.388 e. The first-order valence-electron chi connectivity index (χ1n) is 8.34. The topological polar surface area (TPSA) is 111 Å². The van der Waals surface area contributed by atoms with E-state index in [1.165, 1.54) is 47.4 Å². The first kappa shape index (κ1) is 17.6. The molecule has 10 heteroatoms. The summed E-state index contributed by atoms with van der Waals surface area (Å²) < 4.78 is 19.0. The van der Waals surface area contributed by atoms with Crippen LogP contribution in [0.4, 0.5) is 15.8 Å². The lowest BCUT2D eigenvalue weighted by atomic mass is 10.1. The van der Waals surface area contributed by atoms with Gasteiger partial charge in [0.2, 0.25) is 11.8 Å². The second-order valence-electron chi connectivity index (χ2n) is 6.20. The van der Waals surface area contributed by atoms with Crippen LogP contribution in [0.15, 0.2) is 51.7 Å². The fraction of sp³-hybridized carbons (Fsp3) is 0.167. The van der Waals surface area contributed by atoms with E-state index in [0.717, 1.165) is 4.68 Å². The van der Waals surface area contributed by atoms with Crippen LogP contribution in [0.5, 0.6) is 0 Å². The third-order valence-electron chi connectivity index (χ3n) is 4.45. The Hall–Kier alpha value is -3.82. The van der Waals surface area contributed by atoms with E-state index in [1.807, 2.05) is 0 Å². The Balaban J connectivity index is 1.55. The normalized spacial score (nSPS) is 12.8. The van der Waals surface area contributed by atoms with Crippen LogP contribution in [0.2, 0.25) is 0 Å². The van der Waals surface area contributed by atoms with Crippen molar-refractivity contribution in [1.29, 1.82) is 0 Å². The molecule has 0 bridgehead atoms. The Bertz CT molecular complexity index is 1140. The summed E-state index contributed by atoms with van der Waals surface area (Å²) in [6, 6.07) is 9.54. The summed E-state index contributed by atoms with van der Waals surface area (Å²) in [4.78, 5) is 36.5. The van der Waals surface area contributed by atoms with E-state index >= 15 is 0 Å². The number of aromatic nitrogens is 2. The molecule has 0 atom stereocenters. The van der Waals surface area contributed by atoms with Crippen LogP contribution in [-0.4, -0.2) is 27.2 Å². The zero-order valence-electron chi connectivity index (χ0n) is 14.4. The zero-order chi connectivity index (χ0) is 19.8. The molecule has 3 aromatic rings. The summed E-state index contributed by atoms with van der Waals surface area (Å²) >= 11 is 0. The molecule has 1 aromatic heterocycles. The number of hydrogen-bond donors (Lipinski definition) is 0. The van der Waals surface area contributed by atoms with E-state index in [1.54, 1.807) is 0 Å². The summed E-state index contributed by atoms with van der Waals surface area (Å²) in [5.41, 5.74) is 1.64. The molecule has 0 radical (unpaired) electrons. The van der Waals surface area contributed by atoms with Gasteiger partial charge in [-0.1, -0.05) is 0 Å². The molecule has 28 heavy (non-hydrogen) atoms. The molecule has 1 amide bonds. The number of amides is 1. The van der Waals surface area contributed by atoms with E-state index in [-0.39, 0.29) is 18.1 Å². The Kier molecular flexibility index (Phi) is 4.22. The van der Waals surface area contributed by atoms with Crippen molar-refractivity contribution in [1.82, 2.24) is 9.78 Å². The maximum absolute atomic E-state index is 13.0. The highest BCUT2D eigenvalue weighted by atomic mass is 19.1. The van der Waals surface area contributed by atoms with Crippen molar-refractivity contribution >= 4 is 17.3 Å². The van der Waals surface area contributed by atoms with Crippen molar-refractivity contribution in [3.8, 4) is 11.5 Å². The largest absolute Gasteiger partial charge is 0.437 e. The number of fused-ring (bicyclic) bond motifs is 1. The molecule has 0 fully saturated rings. The first-order valence-corrected chi connectivity index (χ1v) is 8.34. The molecule has 0 spiro atoms. The predicted molar refractivity (Wildman–Crippen MR) is 95.3 cm³/mol. The molecule has 0 saturated carbocycles. The number of rotatable bonds is 4. The molecular formula is C18H13FN4O5. The quantitative estimate of drug-likeness (QED) is 0.503. The smallest absolute Gasteiger partial charge is 0.388 e. The fourth-order valence-corrected chi connectivity index (χ4v) is 3.09. The molecule has 2 heterocycles. The van der Waals surface area contributed by atoms with E-state index in [0.29, 0.717) is 29.8 Å². The van der Waals surface area contributed by atoms with Crippen LogP contribution in [0, 0.1) is 15.9 Å². The molecule has 0 aliphatic carbocycles. The van der Waals surface area contributed by atoms with Crippen LogP contribution in [0.1, 0.15) is 5.56 Å². The molecular weight excluding hydrogens is 371 g/mol. The molecule has 0 unspecified atom stereocenters. The summed E-state index contributed by atoms with van der Waals surface area (Å²) in [6.07, 6.45) is 0.483. The highest BCUT2D eigenvalue weighted by Gasteiger charge is 2.27. The summed E-state index contributed by atoms with van der Waals surface area (Å²) in [5.74, 6) is -1.66. The van der Waals surface area contributed by atoms with Crippen LogP contribution >= 0.6 is 0 Å². The third kappa shape index (κ3) is 3.15. The van der Waals surface area contributed by atoms with Gasteiger partial charge in [0.15, 0.2) is 0 Å². The van der Waals surface area contributed by atoms with Crippen LogP contribution in [-0.2, 0) is 17.8 Å². The van der Waals surface area contributed by atoms with Gasteiger partial charge in [0.25, 0.3) is 5.69 Å². The zero-order valence-corrected chi connectivity index (χ0v) is 14.4. The number of hydrogen-bond acceptors (Lipinski definition) is 6. The Morgan fingerprint density at radius 3 is 2.71 bits per heavy atom. The van der Waals surface area contributed by atoms with Crippen molar-refractivity contribution < 1.29 is 18.5 Å². The summed E-state index contributed by atoms with van der Waals surface area (Å²) in [5, 5.41) is 14.9. The van der Waals surface area contributed by atoms with Crippen molar-refractivity contribution in [2.75, 3.05) is 11.4 Å². The maximum Gasteiger partial charge on any atom is 0.437 e. The van der Waals surface area contributed by atoms with Gasteiger partial charge in [-0.05, 0) is 42.3 Å². The van der Waals surface area contributed by atoms with Gasteiger partial charge in [0.1, 0.15) is 12.4 Å². The number of carbonyl (C=O) groups is 1. The average Bonchev–Trinajstić information content (AvgIpc) is 3.25. The monoisotopic (exact) mass is 384 g/mol. The highest BCUT2D eigenvalue weighted by molar-refractivity contribution is 5.95. The lowest BCUT2D eigenvalue weighted by molar-refractivity contribution is -0.384. The van der Waals surface area contributed by atoms with Gasteiger partial charge >= 0.3 is 5.76 Å². The lowest BCUT2D eigenvalue weighted by Crippen LogP contribution is -2.35. The molecule has 1 aliphatic rings. The standard InChI is InChI=1S/C18H13FN4O5/c19-13-3-1-11(2-4-13)17-20-22(18(25)28-17)10-16(24)21-8-7-12-9-14(23(26)27)5-6-15(12)21/h1-6,9H,7-8,10H2. The Morgan fingerprint density at radius 2 is 2.00 bits per heavy atom. The average molecular weight is 384 g/mol. The molecule has 0 saturated heterocycles. The third-order valence-corrected chi connectivity index (χ3v) is 4.45. The predicted octanol–water partition coefficient (Wildman–Crippen LogP) is 2.14. The number of benzene rings is 2. The highest BCUT2D eigenvalue weighted by Crippen LogP contribution is 2.31. The lowest BCUT2D eigenvalue weighted by Gasteiger charge is -2.16. The van der Waals surface area contributed by atoms with E-state index in [9.17, 15) is 24.1 Å². The Labute approximate surface area is 156 Å². The number of halogens is 1. The number of nitro groups is 1. The first-order chi connectivity index (χ1) is 13.4. The van der Waals surface area contributed by atoms with Gasteiger partial charge in [0, 0.05) is 29.9 Å². The number of non-ortho nitro benzene ring substituents is 1. The van der Waals surface area contributed by atoms with Crippen LogP contribution < -0.4 is 10.7 Å². The molecule has 4 rings (SSSR count). The van der Waals surface area contributed by atoms with Crippen LogP contribution in [0.3, 0.4) is 0 Å². The van der Waals surface area contributed by atoms with Crippen molar-refractivity contribution in [2.45, 2.75) is 13.0 Å². The van der Waals surface area contributed by atoms with Crippen molar-refractivity contribution in [3.63, 3.8) is 0 Å². The molecule has 142 valence electrons. The minimum absolute atomic E-state index is 0.0183. The van der Waals surface area contributed by atoms with Crippen molar-refractivity contribution in [2.24, 2.45) is 0 Å². The van der Waals surface area contributed by atoms with Gasteiger partial charge in [-0.15, -0.1) is 5.10 Å². The summed E-state index contributed by atoms with van der Waals surface area (Å²) in [6.45, 7) is 0.00666. The van der Waals surface area contributed by atoms with E-state index in [4.69, 9.17) is 4.42 Å². The second-order valence-corrected chi connectivity index (χ2v) is 6.20. The molecule has 9 nitrogen and oxygen atoms in total. The second kappa shape index (κ2) is 6.72. The number of carbonyl (C=O) groups excluding carboxylic acids is 1. The molecule has 0 N–H and O–H groups in total. The van der Waals surface area contributed by atoms with Gasteiger partial charge in [-0.25, -0.2) is 9.18 Å². The minimum atomic E-state index is -0.809. The van der Waals surface area contributed by atoms with Crippen LogP contribution in [0.25, 0.3) is 11.5 Å². The SMILES string of the molecule is O=C(Cn1nc(-c2ccc(F)cc2)oc1=O)N1CCc2cc([N+](=O)[O-])ccc21. The fourth-order valence-electron chi connectivity index (χ4n) is 3.09. The maximum atomic E-state index is 13.0. The molecule has 1 aliphatic heterocycles. The van der Waals surface area contributed by atoms with Gasteiger partial charge in [0.05, 0.1) is 4.92 Å². The summed E-state index contributed by atoms with van der Waals surface area (Å²) in [7, 11) is 0.